The lowest BCUT2D eigenvalue weighted by molar-refractivity contribution is 0.0999. The second-order valence-electron chi connectivity index (χ2n) is 5.36. The zero-order chi connectivity index (χ0) is 16.4. The molecular weight excluding hydrogens is 286 g/mol. The monoisotopic (exact) mass is 306 g/mol. The topological polar surface area (TPSA) is 48.0 Å². The Morgan fingerprint density at radius 3 is 2.32 bits per heavy atom. The molecule has 0 saturated carbocycles. The molecule has 2 rings (SSSR count). The van der Waals surface area contributed by atoms with Gasteiger partial charge in [0.05, 0.1) is 5.56 Å². The summed E-state index contributed by atoms with van der Waals surface area (Å²) in [6, 6.07) is 5.57. The van der Waals surface area contributed by atoms with Crippen molar-refractivity contribution in [3.05, 3.63) is 47.2 Å². The van der Waals surface area contributed by atoms with Gasteiger partial charge in [-0.2, -0.15) is 0 Å². The van der Waals surface area contributed by atoms with E-state index in [1.54, 1.807) is 6.07 Å². The van der Waals surface area contributed by atoms with Crippen LogP contribution in [0.15, 0.2) is 24.3 Å². The summed E-state index contributed by atoms with van der Waals surface area (Å²) in [5.74, 6) is -2.32. The van der Waals surface area contributed by atoms with Crippen LogP contribution in [0.1, 0.15) is 48.8 Å². The van der Waals surface area contributed by atoms with Crippen molar-refractivity contribution in [3.8, 4) is 11.3 Å². The summed E-state index contributed by atoms with van der Waals surface area (Å²) in [7, 11) is 0. The number of carbonyl (C=O) groups is 1. The summed E-state index contributed by atoms with van der Waals surface area (Å²) in [6.45, 7) is 5.92. The Hall–Kier alpha value is -2.17. The van der Waals surface area contributed by atoms with Crippen molar-refractivity contribution >= 4 is 5.91 Å². The molecule has 0 aliphatic heterocycles. The summed E-state index contributed by atoms with van der Waals surface area (Å²) in [4.78, 5) is 11.6. The second kappa shape index (κ2) is 6.30. The first-order valence-electron chi connectivity index (χ1n) is 7.37. The first-order chi connectivity index (χ1) is 10.4. The van der Waals surface area contributed by atoms with Gasteiger partial charge in [-0.05, 0) is 44.0 Å². The second-order valence-corrected chi connectivity index (χ2v) is 5.36. The lowest BCUT2D eigenvalue weighted by Gasteiger charge is -2.21. The van der Waals surface area contributed by atoms with E-state index < -0.39 is 17.5 Å². The molecule has 0 spiro atoms. The van der Waals surface area contributed by atoms with Crippen molar-refractivity contribution in [1.29, 1.82) is 0 Å². The summed E-state index contributed by atoms with van der Waals surface area (Å²) in [6.07, 6.45) is 1.72. The highest BCUT2D eigenvalue weighted by molar-refractivity contribution is 5.95. The van der Waals surface area contributed by atoms with Gasteiger partial charge >= 0.3 is 0 Å². The third-order valence-electron chi connectivity index (χ3n) is 4.08. The number of halogens is 2. The van der Waals surface area contributed by atoms with Gasteiger partial charge in [0.2, 0.25) is 0 Å². The zero-order valence-corrected chi connectivity index (χ0v) is 13.0. The van der Waals surface area contributed by atoms with Crippen LogP contribution in [0.25, 0.3) is 11.3 Å². The van der Waals surface area contributed by atoms with E-state index in [2.05, 4.69) is 0 Å². The van der Waals surface area contributed by atoms with E-state index in [1.165, 1.54) is 6.07 Å². The van der Waals surface area contributed by atoms with Crippen LogP contribution in [0.3, 0.4) is 0 Å². The smallest absolute Gasteiger partial charge is 0.250 e. The predicted octanol–water partition coefficient (Wildman–Crippen LogP) is 4.20. The Morgan fingerprint density at radius 2 is 1.82 bits per heavy atom. The molecule has 0 aliphatic rings. The number of carbonyl (C=O) groups excluding carboxylic acids is 1. The van der Waals surface area contributed by atoms with Crippen LogP contribution in [-0.4, -0.2) is 10.5 Å². The van der Waals surface area contributed by atoms with Gasteiger partial charge in [-0.25, -0.2) is 8.78 Å². The number of amides is 1. The molecular formula is C17H20F2N2O. The molecule has 3 nitrogen and oxygen atoms in total. The van der Waals surface area contributed by atoms with Crippen molar-refractivity contribution < 1.29 is 13.6 Å². The molecule has 0 radical (unpaired) electrons. The van der Waals surface area contributed by atoms with Gasteiger partial charge in [-0.3, -0.25) is 4.79 Å². The lowest BCUT2D eigenvalue weighted by atomic mass is 10.1. The van der Waals surface area contributed by atoms with Crippen molar-refractivity contribution in [3.63, 3.8) is 0 Å². The Balaban J connectivity index is 2.70. The van der Waals surface area contributed by atoms with Gasteiger partial charge in [0.1, 0.15) is 0 Å². The van der Waals surface area contributed by atoms with Crippen molar-refractivity contribution in [1.82, 2.24) is 4.57 Å². The number of nitrogens with two attached hydrogens (primary N) is 1. The molecule has 2 N–H and O–H groups in total. The molecule has 1 aromatic carbocycles. The minimum absolute atomic E-state index is 0.163. The van der Waals surface area contributed by atoms with Gasteiger partial charge in [0, 0.05) is 23.0 Å². The minimum Gasteiger partial charge on any atom is -0.366 e. The Labute approximate surface area is 128 Å². The molecule has 1 heterocycles. The number of hydrogen-bond donors (Lipinski definition) is 1. The van der Waals surface area contributed by atoms with Crippen LogP contribution in [0, 0.1) is 18.6 Å². The van der Waals surface area contributed by atoms with E-state index in [9.17, 15) is 13.6 Å². The Morgan fingerprint density at radius 1 is 1.18 bits per heavy atom. The average molecular weight is 306 g/mol. The Kier molecular flexibility index (Phi) is 4.64. The molecule has 0 aliphatic carbocycles. The fraction of sp³-hybridized carbons (Fsp3) is 0.353. The first kappa shape index (κ1) is 16.2. The van der Waals surface area contributed by atoms with Crippen LogP contribution in [0.4, 0.5) is 8.78 Å². The van der Waals surface area contributed by atoms with E-state index >= 15 is 0 Å². The van der Waals surface area contributed by atoms with Crippen molar-refractivity contribution in [2.24, 2.45) is 5.73 Å². The lowest BCUT2D eigenvalue weighted by Crippen LogP contribution is -2.14. The molecule has 0 bridgehead atoms. The van der Waals surface area contributed by atoms with Crippen LogP contribution < -0.4 is 5.73 Å². The maximum atomic E-state index is 13.6. The van der Waals surface area contributed by atoms with E-state index in [0.29, 0.717) is 16.8 Å². The molecule has 0 fully saturated rings. The zero-order valence-electron chi connectivity index (χ0n) is 13.0. The van der Waals surface area contributed by atoms with E-state index in [-0.39, 0.29) is 6.04 Å². The highest BCUT2D eigenvalue weighted by atomic mass is 19.2. The van der Waals surface area contributed by atoms with Crippen molar-refractivity contribution in [2.75, 3.05) is 0 Å². The molecule has 1 aromatic heterocycles. The van der Waals surface area contributed by atoms with Crippen LogP contribution in [0.2, 0.25) is 0 Å². The van der Waals surface area contributed by atoms with Gasteiger partial charge in [-0.15, -0.1) is 0 Å². The molecule has 0 saturated heterocycles. The normalized spacial score (nSPS) is 11.2. The highest BCUT2D eigenvalue weighted by Gasteiger charge is 2.21. The Bertz CT molecular complexity index is 703. The van der Waals surface area contributed by atoms with E-state index in [1.807, 2.05) is 25.3 Å². The number of rotatable bonds is 5. The van der Waals surface area contributed by atoms with Gasteiger partial charge < -0.3 is 10.3 Å². The molecule has 118 valence electrons. The number of primary amides is 1. The standard InChI is InChI=1S/C17H20F2N2O/c1-4-12(5-2)21-10(3)13(17(20)22)9-16(21)11-6-7-14(18)15(19)8-11/h6-9,12H,4-5H2,1-3H3,(H2,20,22). The third kappa shape index (κ3) is 2.75. The number of benzene rings is 1. The van der Waals surface area contributed by atoms with E-state index in [4.69, 9.17) is 5.73 Å². The van der Waals surface area contributed by atoms with Gasteiger partial charge in [-0.1, -0.05) is 13.8 Å². The minimum atomic E-state index is -0.909. The van der Waals surface area contributed by atoms with Crippen LogP contribution in [-0.2, 0) is 0 Å². The summed E-state index contributed by atoms with van der Waals surface area (Å²) < 4.78 is 28.7. The van der Waals surface area contributed by atoms with E-state index in [0.717, 1.165) is 30.7 Å². The fourth-order valence-electron chi connectivity index (χ4n) is 2.87. The largest absolute Gasteiger partial charge is 0.366 e. The molecule has 2 aromatic rings. The average Bonchev–Trinajstić information content (AvgIpc) is 2.82. The maximum Gasteiger partial charge on any atom is 0.250 e. The molecule has 0 atom stereocenters. The molecule has 22 heavy (non-hydrogen) atoms. The quantitative estimate of drug-likeness (QED) is 0.884. The van der Waals surface area contributed by atoms with Gasteiger partial charge in [0.25, 0.3) is 5.91 Å². The summed E-state index contributed by atoms with van der Waals surface area (Å²) in [5, 5.41) is 0. The number of nitrogens with zero attached hydrogens (tertiary/aromatic N) is 1. The summed E-state index contributed by atoms with van der Waals surface area (Å²) in [5.41, 5.74) is 7.79. The predicted molar refractivity (Wildman–Crippen MR) is 82.7 cm³/mol. The number of hydrogen-bond acceptors (Lipinski definition) is 1. The SMILES string of the molecule is CCC(CC)n1c(-c2ccc(F)c(F)c2)cc(C(N)=O)c1C. The molecule has 1 amide bonds. The van der Waals surface area contributed by atoms with Crippen LogP contribution >= 0.6 is 0 Å². The van der Waals surface area contributed by atoms with Crippen LogP contribution in [0.5, 0.6) is 0 Å². The summed E-state index contributed by atoms with van der Waals surface area (Å²) >= 11 is 0. The maximum absolute atomic E-state index is 13.6. The van der Waals surface area contributed by atoms with Crippen molar-refractivity contribution in [2.45, 2.75) is 39.7 Å². The van der Waals surface area contributed by atoms with Gasteiger partial charge in [0.15, 0.2) is 11.6 Å². The molecule has 5 heteroatoms. The highest BCUT2D eigenvalue weighted by Crippen LogP contribution is 2.32. The third-order valence-corrected chi connectivity index (χ3v) is 4.08. The number of aromatic nitrogens is 1. The first-order valence-corrected chi connectivity index (χ1v) is 7.37. The molecule has 0 unspecified atom stereocenters. The fourth-order valence-corrected chi connectivity index (χ4v) is 2.87.